The molecule has 0 saturated carbocycles. The molecule has 2 amide bonds. The molecule has 5 heteroatoms. The Morgan fingerprint density at radius 3 is 3.00 bits per heavy atom. The SMILES string of the molecule is C/C=C/CC(=O)N1CCCC2(CCC(=O)N(Cc3cccnc3)C2)C1. The van der Waals surface area contributed by atoms with Crippen molar-refractivity contribution >= 4 is 11.8 Å². The predicted octanol–water partition coefficient (Wildman–Crippen LogP) is 2.78. The highest BCUT2D eigenvalue weighted by Crippen LogP contribution is 2.39. The normalized spacial score (nSPS) is 24.3. The number of piperidine rings is 2. The van der Waals surface area contributed by atoms with Crippen LogP contribution in [0, 0.1) is 5.41 Å². The Hall–Kier alpha value is -2.17. The van der Waals surface area contributed by atoms with E-state index in [1.807, 2.05) is 47.2 Å². The number of likely N-dealkylation sites (tertiary alicyclic amines) is 2. The molecule has 25 heavy (non-hydrogen) atoms. The number of carbonyl (C=O) groups is 2. The first-order valence-corrected chi connectivity index (χ1v) is 9.17. The van der Waals surface area contributed by atoms with Gasteiger partial charge in [0.25, 0.3) is 0 Å². The smallest absolute Gasteiger partial charge is 0.226 e. The number of pyridine rings is 1. The van der Waals surface area contributed by atoms with Crippen molar-refractivity contribution in [3.63, 3.8) is 0 Å². The zero-order valence-corrected chi connectivity index (χ0v) is 15.0. The molecule has 5 nitrogen and oxygen atoms in total. The van der Waals surface area contributed by atoms with Crippen molar-refractivity contribution in [1.82, 2.24) is 14.8 Å². The van der Waals surface area contributed by atoms with E-state index in [4.69, 9.17) is 0 Å². The summed E-state index contributed by atoms with van der Waals surface area (Å²) in [7, 11) is 0. The third-order valence-electron chi connectivity index (χ3n) is 5.39. The van der Waals surface area contributed by atoms with Crippen molar-refractivity contribution < 1.29 is 9.59 Å². The molecule has 0 bridgehead atoms. The van der Waals surface area contributed by atoms with Crippen molar-refractivity contribution in [2.75, 3.05) is 19.6 Å². The molecule has 0 aliphatic carbocycles. The quantitative estimate of drug-likeness (QED) is 0.791. The summed E-state index contributed by atoms with van der Waals surface area (Å²) in [5, 5.41) is 0. The summed E-state index contributed by atoms with van der Waals surface area (Å²) in [6, 6.07) is 3.91. The van der Waals surface area contributed by atoms with Crippen LogP contribution in [-0.4, -0.2) is 46.2 Å². The van der Waals surface area contributed by atoms with Gasteiger partial charge in [0.2, 0.25) is 11.8 Å². The lowest BCUT2D eigenvalue weighted by molar-refractivity contribution is -0.143. The fourth-order valence-electron chi connectivity index (χ4n) is 4.06. The maximum Gasteiger partial charge on any atom is 0.226 e. The standard InChI is InChI=1S/C20H27N3O2/c1-2-3-7-18(24)22-12-5-9-20(15-22)10-8-19(25)23(16-20)14-17-6-4-11-21-13-17/h2-4,6,11,13H,5,7-10,12,14-16H2,1H3/b3-2+. The average Bonchev–Trinajstić information content (AvgIpc) is 2.64. The molecule has 2 aliphatic rings. The molecule has 134 valence electrons. The molecule has 1 aromatic heterocycles. The summed E-state index contributed by atoms with van der Waals surface area (Å²) in [5.74, 6) is 0.416. The largest absolute Gasteiger partial charge is 0.342 e. The maximum atomic E-state index is 12.4. The van der Waals surface area contributed by atoms with E-state index < -0.39 is 0 Å². The minimum absolute atomic E-state index is 0.0555. The monoisotopic (exact) mass is 341 g/mol. The summed E-state index contributed by atoms with van der Waals surface area (Å²) in [4.78, 5) is 32.9. The zero-order valence-electron chi connectivity index (χ0n) is 15.0. The first kappa shape index (κ1) is 17.6. The van der Waals surface area contributed by atoms with Crippen molar-refractivity contribution in [2.45, 2.75) is 45.6 Å². The Bertz CT molecular complexity index is 644. The van der Waals surface area contributed by atoms with Crippen molar-refractivity contribution in [3.05, 3.63) is 42.2 Å². The molecule has 2 fully saturated rings. The number of nitrogens with zero attached hydrogens (tertiary/aromatic N) is 3. The van der Waals surface area contributed by atoms with Crippen LogP contribution in [0.15, 0.2) is 36.7 Å². The Balaban J connectivity index is 1.68. The topological polar surface area (TPSA) is 53.5 Å². The van der Waals surface area contributed by atoms with Crippen molar-refractivity contribution in [3.8, 4) is 0 Å². The Kier molecular flexibility index (Phi) is 5.51. The molecular formula is C20H27N3O2. The van der Waals surface area contributed by atoms with Crippen molar-refractivity contribution in [1.29, 1.82) is 0 Å². The van der Waals surface area contributed by atoms with E-state index in [0.29, 0.717) is 19.4 Å². The molecule has 0 radical (unpaired) electrons. The van der Waals surface area contributed by atoms with E-state index in [-0.39, 0.29) is 17.2 Å². The van der Waals surface area contributed by atoms with E-state index in [2.05, 4.69) is 4.98 Å². The van der Waals surface area contributed by atoms with Gasteiger partial charge in [0.05, 0.1) is 0 Å². The van der Waals surface area contributed by atoms with Crippen LogP contribution >= 0.6 is 0 Å². The first-order chi connectivity index (χ1) is 12.1. The van der Waals surface area contributed by atoms with Gasteiger partial charge in [0.15, 0.2) is 0 Å². The number of allylic oxidation sites excluding steroid dienone is 1. The predicted molar refractivity (Wildman–Crippen MR) is 96.6 cm³/mol. The van der Waals surface area contributed by atoms with Gasteiger partial charge in [-0.05, 0) is 37.8 Å². The fraction of sp³-hybridized carbons (Fsp3) is 0.550. The van der Waals surface area contributed by atoms with Gasteiger partial charge in [-0.3, -0.25) is 14.6 Å². The third-order valence-corrected chi connectivity index (χ3v) is 5.39. The molecule has 3 heterocycles. The molecule has 1 aromatic rings. The highest BCUT2D eigenvalue weighted by Gasteiger charge is 2.42. The van der Waals surface area contributed by atoms with E-state index in [9.17, 15) is 9.59 Å². The van der Waals surface area contributed by atoms with Crippen LogP contribution in [0.1, 0.15) is 44.6 Å². The highest BCUT2D eigenvalue weighted by atomic mass is 16.2. The van der Waals surface area contributed by atoms with Gasteiger partial charge in [-0.15, -0.1) is 0 Å². The van der Waals surface area contributed by atoms with Gasteiger partial charge in [0, 0.05) is 56.8 Å². The Labute approximate surface area is 149 Å². The lowest BCUT2D eigenvalue weighted by Gasteiger charge is -2.48. The van der Waals surface area contributed by atoms with E-state index >= 15 is 0 Å². The Morgan fingerprint density at radius 2 is 2.24 bits per heavy atom. The van der Waals surface area contributed by atoms with Gasteiger partial charge in [0.1, 0.15) is 0 Å². The average molecular weight is 341 g/mol. The van der Waals surface area contributed by atoms with E-state index in [0.717, 1.165) is 44.5 Å². The molecule has 1 atom stereocenters. The first-order valence-electron chi connectivity index (χ1n) is 9.17. The second kappa shape index (κ2) is 7.81. The summed E-state index contributed by atoms with van der Waals surface area (Å²) in [6.45, 7) is 4.91. The van der Waals surface area contributed by atoms with E-state index in [1.54, 1.807) is 6.20 Å². The van der Waals surface area contributed by atoms with Gasteiger partial charge in [-0.2, -0.15) is 0 Å². The van der Waals surface area contributed by atoms with Crippen LogP contribution in [-0.2, 0) is 16.1 Å². The number of aromatic nitrogens is 1. The van der Waals surface area contributed by atoms with Crippen molar-refractivity contribution in [2.24, 2.45) is 5.41 Å². The van der Waals surface area contributed by atoms with E-state index in [1.165, 1.54) is 0 Å². The van der Waals surface area contributed by atoms with Crippen LogP contribution in [0.4, 0.5) is 0 Å². The van der Waals surface area contributed by atoms with Gasteiger partial charge < -0.3 is 9.80 Å². The second-order valence-electron chi connectivity index (χ2n) is 7.30. The lowest BCUT2D eigenvalue weighted by Crippen LogP contribution is -2.54. The molecule has 0 aromatic carbocycles. The van der Waals surface area contributed by atoms with Gasteiger partial charge >= 0.3 is 0 Å². The fourth-order valence-corrected chi connectivity index (χ4v) is 4.06. The summed E-state index contributed by atoms with van der Waals surface area (Å²) < 4.78 is 0. The van der Waals surface area contributed by atoms with Crippen LogP contribution in [0.5, 0.6) is 0 Å². The van der Waals surface area contributed by atoms with Gasteiger partial charge in [-0.1, -0.05) is 18.2 Å². The molecule has 2 aliphatic heterocycles. The molecule has 3 rings (SSSR count). The number of rotatable bonds is 4. The number of carbonyl (C=O) groups excluding carboxylic acids is 2. The highest BCUT2D eigenvalue weighted by molar-refractivity contribution is 5.78. The molecule has 0 N–H and O–H groups in total. The molecular weight excluding hydrogens is 314 g/mol. The molecule has 1 spiro atoms. The van der Waals surface area contributed by atoms with Crippen LogP contribution < -0.4 is 0 Å². The maximum absolute atomic E-state index is 12.4. The third kappa shape index (κ3) is 4.27. The summed E-state index contributed by atoms with van der Waals surface area (Å²) in [6.07, 6.45) is 11.5. The van der Waals surface area contributed by atoms with Crippen LogP contribution in [0.25, 0.3) is 0 Å². The molecule has 2 saturated heterocycles. The minimum Gasteiger partial charge on any atom is -0.342 e. The number of hydrogen-bond donors (Lipinski definition) is 0. The second-order valence-corrected chi connectivity index (χ2v) is 7.30. The lowest BCUT2D eigenvalue weighted by atomic mass is 9.73. The zero-order chi connectivity index (χ0) is 17.7. The number of amides is 2. The summed E-state index contributed by atoms with van der Waals surface area (Å²) >= 11 is 0. The van der Waals surface area contributed by atoms with Gasteiger partial charge in [-0.25, -0.2) is 0 Å². The number of hydrogen-bond acceptors (Lipinski definition) is 3. The molecule has 1 unspecified atom stereocenters. The van der Waals surface area contributed by atoms with Crippen LogP contribution in [0.3, 0.4) is 0 Å². The van der Waals surface area contributed by atoms with Crippen LogP contribution in [0.2, 0.25) is 0 Å². The minimum atomic E-state index is 0.0555. The summed E-state index contributed by atoms with van der Waals surface area (Å²) in [5.41, 5.74) is 1.12. The Morgan fingerprint density at radius 1 is 1.36 bits per heavy atom.